The van der Waals surface area contributed by atoms with E-state index in [0.29, 0.717) is 5.92 Å². The Balaban J connectivity index is 1.63. The molecule has 0 amide bonds. The Morgan fingerprint density at radius 1 is 1.22 bits per heavy atom. The molecule has 1 aliphatic rings. The van der Waals surface area contributed by atoms with Gasteiger partial charge in [-0.15, -0.1) is 0 Å². The highest BCUT2D eigenvalue weighted by Crippen LogP contribution is 2.25. The first-order valence-electron chi connectivity index (χ1n) is 6.56. The molecule has 3 nitrogen and oxygen atoms in total. The van der Waals surface area contributed by atoms with E-state index >= 15 is 0 Å². The Morgan fingerprint density at radius 2 is 2.06 bits per heavy atom. The summed E-state index contributed by atoms with van der Waals surface area (Å²) in [5, 5.41) is 5.21. The second kappa shape index (κ2) is 5.48. The van der Waals surface area contributed by atoms with Crippen molar-refractivity contribution in [3.8, 4) is 0 Å². The monoisotopic (exact) mass is 259 g/mol. The van der Waals surface area contributed by atoms with Crippen molar-refractivity contribution < 1.29 is 0 Å². The van der Waals surface area contributed by atoms with Crippen LogP contribution in [0.3, 0.4) is 0 Å². The maximum Gasteiger partial charge on any atom is 0.204 e. The molecule has 0 radical (unpaired) electrons. The minimum absolute atomic E-state index is 0.653. The van der Waals surface area contributed by atoms with Crippen LogP contribution in [0.2, 0.25) is 0 Å². The SMILES string of the molecule is C(=N\Nc1nc2ccccc2s1)/C1CCCCC1. The largest absolute Gasteiger partial charge is 0.253 e. The summed E-state index contributed by atoms with van der Waals surface area (Å²) in [6.07, 6.45) is 8.70. The van der Waals surface area contributed by atoms with Gasteiger partial charge in [-0.05, 0) is 30.9 Å². The Hall–Kier alpha value is -1.42. The molecular weight excluding hydrogens is 242 g/mol. The van der Waals surface area contributed by atoms with Gasteiger partial charge < -0.3 is 0 Å². The van der Waals surface area contributed by atoms with Gasteiger partial charge in [0.1, 0.15) is 0 Å². The van der Waals surface area contributed by atoms with Crippen LogP contribution in [0, 0.1) is 5.92 Å². The van der Waals surface area contributed by atoms with Crippen molar-refractivity contribution in [3.63, 3.8) is 0 Å². The van der Waals surface area contributed by atoms with Gasteiger partial charge in [-0.3, -0.25) is 5.43 Å². The lowest BCUT2D eigenvalue weighted by atomic mass is 9.90. The number of benzene rings is 1. The zero-order valence-electron chi connectivity index (χ0n) is 10.3. The summed E-state index contributed by atoms with van der Waals surface area (Å²) in [5.74, 6) is 0.653. The fourth-order valence-electron chi connectivity index (χ4n) is 2.40. The van der Waals surface area contributed by atoms with Gasteiger partial charge >= 0.3 is 0 Å². The van der Waals surface area contributed by atoms with Crippen LogP contribution in [0.1, 0.15) is 32.1 Å². The van der Waals surface area contributed by atoms with Crippen LogP contribution in [0.15, 0.2) is 29.4 Å². The third-order valence-electron chi connectivity index (χ3n) is 3.39. The average molecular weight is 259 g/mol. The normalized spacial score (nSPS) is 17.6. The summed E-state index contributed by atoms with van der Waals surface area (Å²) in [6.45, 7) is 0. The van der Waals surface area contributed by atoms with Gasteiger partial charge in [0.05, 0.1) is 10.2 Å². The zero-order valence-corrected chi connectivity index (χ0v) is 11.1. The van der Waals surface area contributed by atoms with E-state index < -0.39 is 0 Å². The number of fused-ring (bicyclic) bond motifs is 1. The van der Waals surface area contributed by atoms with E-state index in [4.69, 9.17) is 0 Å². The molecule has 4 heteroatoms. The van der Waals surface area contributed by atoms with Gasteiger partial charge in [-0.25, -0.2) is 4.98 Å². The van der Waals surface area contributed by atoms with Crippen molar-refractivity contribution in [2.45, 2.75) is 32.1 Å². The van der Waals surface area contributed by atoms with Crippen LogP contribution >= 0.6 is 11.3 Å². The molecule has 0 spiro atoms. The smallest absolute Gasteiger partial charge is 0.204 e. The van der Waals surface area contributed by atoms with Crippen molar-refractivity contribution in [2.75, 3.05) is 5.43 Å². The van der Waals surface area contributed by atoms with Crippen LogP contribution in [-0.2, 0) is 0 Å². The lowest BCUT2D eigenvalue weighted by Crippen LogP contribution is -2.08. The second-order valence-electron chi connectivity index (χ2n) is 4.77. The number of aromatic nitrogens is 1. The van der Waals surface area contributed by atoms with Gasteiger partial charge in [0.15, 0.2) is 0 Å². The van der Waals surface area contributed by atoms with E-state index in [1.165, 1.54) is 36.8 Å². The summed E-state index contributed by atoms with van der Waals surface area (Å²) in [5.41, 5.74) is 4.10. The summed E-state index contributed by atoms with van der Waals surface area (Å²) in [6, 6.07) is 8.16. The van der Waals surface area contributed by atoms with Crippen LogP contribution in [0.4, 0.5) is 5.13 Å². The topological polar surface area (TPSA) is 37.3 Å². The first-order chi connectivity index (χ1) is 8.92. The Morgan fingerprint density at radius 3 is 2.89 bits per heavy atom. The van der Waals surface area contributed by atoms with Crippen molar-refractivity contribution in [3.05, 3.63) is 24.3 Å². The summed E-state index contributed by atoms with van der Waals surface area (Å²) in [7, 11) is 0. The van der Waals surface area contributed by atoms with Crippen LogP contribution < -0.4 is 5.43 Å². The number of anilines is 1. The van der Waals surface area contributed by atoms with Crippen molar-refractivity contribution in [1.29, 1.82) is 0 Å². The van der Waals surface area contributed by atoms with Gasteiger partial charge in [-0.2, -0.15) is 5.10 Å². The van der Waals surface area contributed by atoms with Crippen molar-refractivity contribution in [2.24, 2.45) is 11.0 Å². The highest BCUT2D eigenvalue weighted by molar-refractivity contribution is 7.22. The third kappa shape index (κ3) is 2.70. The van der Waals surface area contributed by atoms with Crippen LogP contribution in [0.5, 0.6) is 0 Å². The molecule has 0 saturated heterocycles. The van der Waals surface area contributed by atoms with Crippen molar-refractivity contribution >= 4 is 32.9 Å². The predicted octanol–water partition coefficient (Wildman–Crippen LogP) is 4.27. The molecule has 1 fully saturated rings. The molecule has 1 aliphatic carbocycles. The summed E-state index contributed by atoms with van der Waals surface area (Å²) >= 11 is 1.65. The molecule has 1 aromatic heterocycles. The Kier molecular flexibility index (Phi) is 3.55. The molecule has 1 aromatic carbocycles. The first-order valence-corrected chi connectivity index (χ1v) is 7.38. The molecule has 1 saturated carbocycles. The van der Waals surface area contributed by atoms with Crippen LogP contribution in [-0.4, -0.2) is 11.2 Å². The number of hydrogen-bond acceptors (Lipinski definition) is 4. The number of nitrogens with one attached hydrogen (secondary N) is 1. The molecule has 18 heavy (non-hydrogen) atoms. The fourth-order valence-corrected chi connectivity index (χ4v) is 3.22. The lowest BCUT2D eigenvalue weighted by molar-refractivity contribution is 0.445. The second-order valence-corrected chi connectivity index (χ2v) is 5.81. The van der Waals surface area contributed by atoms with Gasteiger partial charge in [-0.1, -0.05) is 42.7 Å². The molecular formula is C14H17N3S. The highest BCUT2D eigenvalue weighted by Gasteiger charge is 2.10. The zero-order chi connectivity index (χ0) is 12.2. The molecule has 0 unspecified atom stereocenters. The number of para-hydroxylation sites is 1. The standard InChI is InChI=1S/C14H17N3S/c1-2-6-11(7-3-1)10-15-17-14-16-12-8-4-5-9-13(12)18-14/h4-5,8-11H,1-3,6-7H2,(H,16,17)/b15-10+. The van der Waals surface area contributed by atoms with Crippen LogP contribution in [0.25, 0.3) is 10.2 Å². The Bertz CT molecular complexity index is 508. The quantitative estimate of drug-likeness (QED) is 0.660. The van der Waals surface area contributed by atoms with Crippen molar-refractivity contribution in [1.82, 2.24) is 4.98 Å². The van der Waals surface area contributed by atoms with Gasteiger partial charge in [0, 0.05) is 6.21 Å². The van der Waals surface area contributed by atoms with E-state index in [2.05, 4.69) is 27.8 Å². The van der Waals surface area contributed by atoms with E-state index in [-0.39, 0.29) is 0 Å². The maximum absolute atomic E-state index is 4.49. The summed E-state index contributed by atoms with van der Waals surface area (Å²) in [4.78, 5) is 4.49. The average Bonchev–Trinajstić information content (AvgIpc) is 2.82. The molecule has 0 aliphatic heterocycles. The third-order valence-corrected chi connectivity index (χ3v) is 4.33. The fraction of sp³-hybridized carbons (Fsp3) is 0.429. The number of hydrogen-bond donors (Lipinski definition) is 1. The number of nitrogens with zero attached hydrogens (tertiary/aromatic N) is 2. The lowest BCUT2D eigenvalue weighted by Gasteiger charge is -2.16. The molecule has 1 N–H and O–H groups in total. The van der Waals surface area contributed by atoms with Gasteiger partial charge in [0.25, 0.3) is 0 Å². The van der Waals surface area contributed by atoms with Gasteiger partial charge in [0.2, 0.25) is 5.13 Å². The molecule has 3 rings (SSSR count). The maximum atomic E-state index is 4.49. The highest BCUT2D eigenvalue weighted by atomic mass is 32.1. The molecule has 2 aromatic rings. The Labute approximate surface area is 111 Å². The number of thiazole rings is 1. The van der Waals surface area contributed by atoms with E-state index in [0.717, 1.165) is 10.6 Å². The molecule has 94 valence electrons. The minimum Gasteiger partial charge on any atom is -0.253 e. The van der Waals surface area contributed by atoms with E-state index in [9.17, 15) is 0 Å². The molecule has 0 bridgehead atoms. The van der Waals surface area contributed by atoms with E-state index in [1.807, 2.05) is 18.2 Å². The number of rotatable bonds is 3. The molecule has 0 atom stereocenters. The summed E-state index contributed by atoms with van der Waals surface area (Å²) < 4.78 is 1.20. The predicted molar refractivity (Wildman–Crippen MR) is 78.3 cm³/mol. The van der Waals surface area contributed by atoms with E-state index in [1.54, 1.807) is 11.3 Å². The molecule has 1 heterocycles. The minimum atomic E-state index is 0.653. The number of hydrazone groups is 1. The first kappa shape index (κ1) is 11.7.